The largest absolute Gasteiger partial charge is 0.334 e. The van der Waals surface area contributed by atoms with E-state index in [0.717, 1.165) is 10.0 Å². The minimum Gasteiger partial charge on any atom is -0.334 e. The Balaban J connectivity index is 1.52. The first-order valence-corrected chi connectivity index (χ1v) is 10.0. The third kappa shape index (κ3) is 5.54. The number of anilines is 1. The van der Waals surface area contributed by atoms with Crippen LogP contribution in [0, 0.1) is 0 Å². The summed E-state index contributed by atoms with van der Waals surface area (Å²) in [7, 11) is 0. The summed E-state index contributed by atoms with van der Waals surface area (Å²) in [6, 6.07) is 17.1. The first-order valence-electron chi connectivity index (χ1n) is 8.26. The third-order valence-electron chi connectivity index (χ3n) is 3.58. The van der Waals surface area contributed by atoms with Crippen LogP contribution in [-0.4, -0.2) is 32.6 Å². The van der Waals surface area contributed by atoms with Crippen LogP contribution < -0.4 is 11.3 Å². The lowest BCUT2D eigenvalue weighted by atomic mass is 10.2. The monoisotopic (exact) mass is 456 g/mol. The number of thioether (sulfide) groups is 1. The van der Waals surface area contributed by atoms with Crippen molar-refractivity contribution in [3.8, 4) is 0 Å². The number of rotatable bonds is 8. The number of carbonyl (C=O) groups excluding carboxylic acids is 1. The summed E-state index contributed by atoms with van der Waals surface area (Å²) in [6.45, 7) is 0. The number of nitrogen functional groups attached to an aromatic ring is 1. The molecule has 0 fully saturated rings. The molecule has 0 amide bonds. The van der Waals surface area contributed by atoms with Crippen LogP contribution in [0.15, 0.2) is 75.4 Å². The first-order chi connectivity index (χ1) is 13.6. The highest BCUT2D eigenvalue weighted by Crippen LogP contribution is 2.19. The van der Waals surface area contributed by atoms with E-state index >= 15 is 0 Å². The highest BCUT2D eigenvalue weighted by atomic mass is 79.9. The first kappa shape index (κ1) is 19.8. The number of hydrazone groups is 1. The topological polar surface area (TPSA) is 98.2 Å². The van der Waals surface area contributed by atoms with Gasteiger partial charge in [0.25, 0.3) is 5.95 Å². The van der Waals surface area contributed by atoms with Crippen molar-refractivity contribution < 1.29 is 4.79 Å². The van der Waals surface area contributed by atoms with E-state index in [1.807, 2.05) is 48.5 Å². The molecule has 2 aromatic carbocycles. The molecule has 0 radical (unpaired) electrons. The summed E-state index contributed by atoms with van der Waals surface area (Å²) < 4.78 is 2.19. The maximum Gasteiger partial charge on any atom is 0.264 e. The second-order valence-corrected chi connectivity index (χ2v) is 7.41. The average Bonchev–Trinajstić information content (AvgIpc) is 3.07. The van der Waals surface area contributed by atoms with Crippen LogP contribution in [0.3, 0.4) is 0 Å². The average molecular weight is 457 g/mol. The predicted octanol–water partition coefficient (Wildman–Crippen LogP) is 3.84. The lowest BCUT2D eigenvalue weighted by Crippen LogP contribution is -2.14. The normalized spacial score (nSPS) is 11.3. The van der Waals surface area contributed by atoms with Gasteiger partial charge in [0, 0.05) is 16.3 Å². The number of aromatic nitrogens is 3. The Morgan fingerprint density at radius 3 is 2.68 bits per heavy atom. The maximum absolute atomic E-state index is 12.2. The van der Waals surface area contributed by atoms with Crippen molar-refractivity contribution in [1.29, 1.82) is 0 Å². The molecule has 0 aliphatic carbocycles. The summed E-state index contributed by atoms with van der Waals surface area (Å²) in [6.07, 6.45) is 5.31. The summed E-state index contributed by atoms with van der Waals surface area (Å²) in [5.41, 5.74) is 4.43. The van der Waals surface area contributed by atoms with E-state index in [1.54, 1.807) is 24.4 Å². The van der Waals surface area contributed by atoms with Crippen molar-refractivity contribution in [2.75, 3.05) is 17.0 Å². The molecule has 28 heavy (non-hydrogen) atoms. The molecule has 0 aliphatic heterocycles. The van der Waals surface area contributed by atoms with E-state index in [9.17, 15) is 4.79 Å². The van der Waals surface area contributed by atoms with Gasteiger partial charge in [0.2, 0.25) is 5.16 Å². The van der Waals surface area contributed by atoms with Gasteiger partial charge >= 0.3 is 0 Å². The molecule has 0 saturated carbocycles. The molecule has 0 aliphatic rings. The van der Waals surface area contributed by atoms with E-state index in [1.165, 1.54) is 16.4 Å². The molecular formula is C19H17BrN6OS. The fraction of sp³-hybridized carbons (Fsp3) is 0.0526. The highest BCUT2D eigenvalue weighted by Gasteiger charge is 2.13. The van der Waals surface area contributed by atoms with E-state index in [4.69, 9.17) is 5.84 Å². The molecule has 1 aromatic heterocycles. The van der Waals surface area contributed by atoms with Crippen molar-refractivity contribution in [1.82, 2.24) is 14.9 Å². The van der Waals surface area contributed by atoms with Crippen molar-refractivity contribution >= 4 is 51.7 Å². The molecule has 3 N–H and O–H groups in total. The Morgan fingerprint density at radius 2 is 1.93 bits per heavy atom. The zero-order valence-corrected chi connectivity index (χ0v) is 17.1. The number of nitrogens with two attached hydrogens (primary N) is 1. The van der Waals surface area contributed by atoms with Crippen LogP contribution in [0.2, 0.25) is 0 Å². The van der Waals surface area contributed by atoms with Gasteiger partial charge in [-0.2, -0.15) is 5.10 Å². The quantitative estimate of drug-likeness (QED) is 0.175. The molecule has 9 heteroatoms. The lowest BCUT2D eigenvalue weighted by molar-refractivity contribution is 0.102. The third-order valence-corrected chi connectivity index (χ3v) is 5.05. The Bertz CT molecular complexity index is 985. The number of halogens is 1. The number of hydrogen-bond acceptors (Lipinski definition) is 7. The predicted molar refractivity (Wildman–Crippen MR) is 117 cm³/mol. The molecule has 0 spiro atoms. The molecule has 3 aromatic rings. The number of carbonyl (C=O) groups is 1. The SMILES string of the molecule is Nn1c(N/N=C/C=C/c2ccccc2)nnc1SCC(=O)c1ccc(Br)cc1. The zero-order valence-electron chi connectivity index (χ0n) is 14.7. The van der Waals surface area contributed by atoms with Gasteiger partial charge in [-0.3, -0.25) is 4.79 Å². The van der Waals surface area contributed by atoms with Crippen LogP contribution >= 0.6 is 27.7 Å². The number of Topliss-reactive ketones (excluding diaryl/α,β-unsaturated/α-hetero) is 1. The molecule has 0 bridgehead atoms. The number of allylic oxidation sites excluding steroid dienone is 1. The molecule has 0 atom stereocenters. The van der Waals surface area contributed by atoms with E-state index < -0.39 is 0 Å². The van der Waals surface area contributed by atoms with E-state index in [-0.39, 0.29) is 17.5 Å². The van der Waals surface area contributed by atoms with Gasteiger partial charge in [-0.25, -0.2) is 10.1 Å². The molecular weight excluding hydrogens is 440 g/mol. The molecule has 7 nitrogen and oxygen atoms in total. The minimum atomic E-state index is -0.0147. The van der Waals surface area contributed by atoms with Gasteiger partial charge in [0.05, 0.1) is 5.75 Å². The Labute approximate surface area is 174 Å². The summed E-state index contributed by atoms with van der Waals surface area (Å²) in [5.74, 6) is 6.43. The fourth-order valence-electron chi connectivity index (χ4n) is 2.16. The van der Waals surface area contributed by atoms with Gasteiger partial charge in [-0.15, -0.1) is 10.2 Å². The summed E-state index contributed by atoms with van der Waals surface area (Å²) in [4.78, 5) is 12.2. The maximum atomic E-state index is 12.2. The van der Waals surface area contributed by atoms with Gasteiger partial charge in [0.1, 0.15) is 0 Å². The second kappa shape index (κ2) is 9.86. The molecule has 0 saturated heterocycles. The smallest absolute Gasteiger partial charge is 0.264 e. The highest BCUT2D eigenvalue weighted by molar-refractivity contribution is 9.10. The summed E-state index contributed by atoms with van der Waals surface area (Å²) >= 11 is 4.56. The minimum absolute atomic E-state index is 0.0147. The standard InChI is InChI=1S/C19H17BrN6OS/c20-16-10-8-15(9-11-16)17(27)13-28-19-25-24-18(26(19)21)23-22-12-4-7-14-5-2-1-3-6-14/h1-12H,13,21H2,(H,23,24)/b7-4+,22-12+. The lowest BCUT2D eigenvalue weighted by Gasteiger charge is -2.03. The Kier molecular flexibility index (Phi) is 6.99. The Hall–Kier alpha value is -2.91. The van der Waals surface area contributed by atoms with Gasteiger partial charge in [0.15, 0.2) is 5.78 Å². The van der Waals surface area contributed by atoms with E-state index in [2.05, 4.69) is 36.7 Å². The number of nitrogens with one attached hydrogen (secondary N) is 1. The van der Waals surface area contributed by atoms with Crippen molar-refractivity contribution in [3.05, 3.63) is 76.3 Å². The van der Waals surface area contributed by atoms with Gasteiger partial charge < -0.3 is 5.84 Å². The molecule has 1 heterocycles. The van der Waals surface area contributed by atoms with E-state index in [0.29, 0.717) is 10.7 Å². The van der Waals surface area contributed by atoms with Crippen LogP contribution in [0.5, 0.6) is 0 Å². The van der Waals surface area contributed by atoms with Gasteiger partial charge in [-0.05, 0) is 23.8 Å². The zero-order chi connectivity index (χ0) is 19.8. The van der Waals surface area contributed by atoms with Crippen LogP contribution in [0.1, 0.15) is 15.9 Å². The van der Waals surface area contributed by atoms with Crippen molar-refractivity contribution in [2.24, 2.45) is 5.10 Å². The van der Waals surface area contributed by atoms with Crippen LogP contribution in [-0.2, 0) is 0 Å². The molecule has 0 unspecified atom stereocenters. The van der Waals surface area contributed by atoms with Crippen molar-refractivity contribution in [3.63, 3.8) is 0 Å². The van der Waals surface area contributed by atoms with Crippen molar-refractivity contribution in [2.45, 2.75) is 5.16 Å². The fourth-order valence-corrected chi connectivity index (χ4v) is 3.17. The number of nitrogens with zero attached hydrogens (tertiary/aromatic N) is 4. The van der Waals surface area contributed by atoms with Crippen LogP contribution in [0.25, 0.3) is 6.08 Å². The number of benzene rings is 2. The number of hydrogen-bond donors (Lipinski definition) is 2. The Morgan fingerprint density at radius 1 is 1.18 bits per heavy atom. The second-order valence-electron chi connectivity index (χ2n) is 5.55. The van der Waals surface area contributed by atoms with Crippen LogP contribution in [0.4, 0.5) is 5.95 Å². The molecule has 142 valence electrons. The number of ketones is 1. The summed E-state index contributed by atoms with van der Waals surface area (Å²) in [5, 5.41) is 12.4. The van der Waals surface area contributed by atoms with Gasteiger partial charge in [-0.1, -0.05) is 76.2 Å². The molecule has 3 rings (SSSR count).